The molecule has 0 aliphatic carbocycles. The third-order valence-electron chi connectivity index (χ3n) is 4.31. The Morgan fingerprint density at radius 3 is 2.34 bits per heavy atom. The quantitative estimate of drug-likeness (QED) is 0.408. The molecule has 0 saturated carbocycles. The minimum atomic E-state index is -4.75. The van der Waals surface area contributed by atoms with E-state index in [1.807, 2.05) is 0 Å². The van der Waals surface area contributed by atoms with Crippen LogP contribution >= 0.6 is 0 Å². The Kier molecular flexibility index (Phi) is 5.51. The molecular formula is C20H14F5N5O2. The summed E-state index contributed by atoms with van der Waals surface area (Å²) in [5.74, 6) is 0.248. The molecule has 0 unspecified atom stereocenters. The molecule has 32 heavy (non-hydrogen) atoms. The number of halogens is 5. The van der Waals surface area contributed by atoms with E-state index >= 15 is 0 Å². The van der Waals surface area contributed by atoms with Crippen molar-refractivity contribution in [3.05, 3.63) is 60.6 Å². The lowest BCUT2D eigenvalue weighted by atomic mass is 10.2. The van der Waals surface area contributed by atoms with E-state index in [1.165, 1.54) is 66.4 Å². The smallest absolute Gasteiger partial charge is 0.435 e. The van der Waals surface area contributed by atoms with E-state index in [1.54, 1.807) is 0 Å². The van der Waals surface area contributed by atoms with Crippen molar-refractivity contribution in [2.75, 3.05) is 12.4 Å². The van der Waals surface area contributed by atoms with Gasteiger partial charge in [-0.3, -0.25) is 4.40 Å². The first-order valence-electron chi connectivity index (χ1n) is 9.03. The molecule has 166 valence electrons. The van der Waals surface area contributed by atoms with Crippen molar-refractivity contribution in [1.82, 2.24) is 19.4 Å². The molecule has 4 rings (SSSR count). The summed E-state index contributed by atoms with van der Waals surface area (Å²) in [7, 11) is 1.39. The number of hydrogen-bond acceptors (Lipinski definition) is 6. The van der Waals surface area contributed by atoms with Crippen LogP contribution in [0.5, 0.6) is 11.5 Å². The Morgan fingerprint density at radius 2 is 1.69 bits per heavy atom. The molecule has 1 aromatic carbocycles. The van der Waals surface area contributed by atoms with Crippen LogP contribution in [-0.2, 0) is 6.18 Å². The van der Waals surface area contributed by atoms with E-state index in [2.05, 4.69) is 25.0 Å². The number of aromatic nitrogens is 4. The third kappa shape index (κ3) is 4.38. The van der Waals surface area contributed by atoms with Crippen molar-refractivity contribution < 1.29 is 31.4 Å². The molecular weight excluding hydrogens is 437 g/mol. The zero-order chi connectivity index (χ0) is 22.9. The number of anilines is 2. The topological polar surface area (TPSA) is 73.6 Å². The number of rotatable bonds is 6. The number of hydrogen-bond donors (Lipinski definition) is 1. The first-order valence-corrected chi connectivity index (χ1v) is 9.03. The summed E-state index contributed by atoms with van der Waals surface area (Å²) in [6.07, 6.45) is -2.10. The van der Waals surface area contributed by atoms with Gasteiger partial charge in [0, 0.05) is 11.9 Å². The first kappa shape index (κ1) is 21.3. The monoisotopic (exact) mass is 451 g/mol. The maximum absolute atomic E-state index is 13.7. The summed E-state index contributed by atoms with van der Waals surface area (Å²) in [4.78, 5) is 11.9. The molecule has 4 aromatic rings. The van der Waals surface area contributed by atoms with E-state index in [9.17, 15) is 22.0 Å². The number of ether oxygens (including phenoxy) is 2. The summed E-state index contributed by atoms with van der Waals surface area (Å²) in [6, 6.07) is 9.88. The van der Waals surface area contributed by atoms with Gasteiger partial charge in [-0.25, -0.2) is 15.0 Å². The van der Waals surface area contributed by atoms with Gasteiger partial charge in [0.25, 0.3) is 0 Å². The predicted octanol–water partition coefficient (Wildman–Crippen LogP) is 5.16. The van der Waals surface area contributed by atoms with Gasteiger partial charge in [0.1, 0.15) is 28.7 Å². The Balaban J connectivity index is 1.73. The van der Waals surface area contributed by atoms with Crippen molar-refractivity contribution in [2.45, 2.75) is 12.8 Å². The molecule has 1 N–H and O–H groups in total. The number of methoxy groups -OCH3 is 1. The second-order valence-electron chi connectivity index (χ2n) is 6.40. The number of fused-ring (bicyclic) bond motifs is 1. The molecule has 7 nitrogen and oxygen atoms in total. The molecule has 0 amide bonds. The van der Waals surface area contributed by atoms with Crippen molar-refractivity contribution in [1.29, 1.82) is 0 Å². The van der Waals surface area contributed by atoms with Crippen LogP contribution < -0.4 is 14.8 Å². The van der Waals surface area contributed by atoms with E-state index in [0.29, 0.717) is 11.4 Å². The van der Waals surface area contributed by atoms with Gasteiger partial charge in [0.05, 0.1) is 13.3 Å². The first-order chi connectivity index (χ1) is 15.2. The van der Waals surface area contributed by atoms with Crippen LogP contribution in [0.2, 0.25) is 0 Å². The largest absolute Gasteiger partial charge is 0.495 e. The van der Waals surface area contributed by atoms with Gasteiger partial charge in [0.2, 0.25) is 0 Å². The number of pyridine rings is 1. The molecule has 3 aromatic heterocycles. The van der Waals surface area contributed by atoms with Crippen LogP contribution in [0.25, 0.3) is 17.2 Å². The fourth-order valence-corrected chi connectivity index (χ4v) is 2.97. The molecule has 0 saturated heterocycles. The summed E-state index contributed by atoms with van der Waals surface area (Å²) >= 11 is 0. The zero-order valence-corrected chi connectivity index (χ0v) is 16.3. The Labute approximate surface area is 177 Å². The minimum absolute atomic E-state index is 0.0385. The molecule has 3 heterocycles. The minimum Gasteiger partial charge on any atom is -0.495 e. The van der Waals surface area contributed by atoms with E-state index in [-0.39, 0.29) is 28.7 Å². The zero-order valence-electron chi connectivity index (χ0n) is 16.3. The second-order valence-corrected chi connectivity index (χ2v) is 6.40. The number of imidazole rings is 1. The maximum atomic E-state index is 13.7. The molecule has 0 radical (unpaired) electrons. The Morgan fingerprint density at radius 1 is 0.969 bits per heavy atom. The lowest BCUT2D eigenvalue weighted by Crippen LogP contribution is -2.09. The average Bonchev–Trinajstić information content (AvgIpc) is 3.14. The standard InChI is InChI=1S/C20H14F5N5O2/c1-31-13-6-7-15-29-17(20(23,24)25)16(30(15)10-13)18-26-9-8-14(28-18)27-11-2-4-12(5-3-11)32-19(21)22/h2-10,19H,1H3,(H,26,27,28). The van der Waals surface area contributed by atoms with Crippen LogP contribution in [0.4, 0.5) is 33.5 Å². The van der Waals surface area contributed by atoms with Crippen LogP contribution in [0.1, 0.15) is 5.69 Å². The maximum Gasteiger partial charge on any atom is 0.435 e. The van der Waals surface area contributed by atoms with Gasteiger partial charge in [-0.15, -0.1) is 0 Å². The van der Waals surface area contributed by atoms with Crippen molar-refractivity contribution in [3.63, 3.8) is 0 Å². The second kappa shape index (κ2) is 8.29. The normalized spacial score (nSPS) is 11.7. The van der Waals surface area contributed by atoms with Gasteiger partial charge in [-0.2, -0.15) is 22.0 Å². The Hall–Kier alpha value is -3.96. The van der Waals surface area contributed by atoms with Crippen LogP contribution in [0, 0.1) is 0 Å². The molecule has 0 bridgehead atoms. The molecule has 0 spiro atoms. The molecule has 0 aliphatic rings. The van der Waals surface area contributed by atoms with Crippen LogP contribution in [-0.4, -0.2) is 33.1 Å². The lowest BCUT2D eigenvalue weighted by molar-refractivity contribution is -0.140. The van der Waals surface area contributed by atoms with Gasteiger partial charge in [0.15, 0.2) is 11.5 Å². The molecule has 0 atom stereocenters. The highest BCUT2D eigenvalue weighted by molar-refractivity contribution is 5.65. The van der Waals surface area contributed by atoms with E-state index in [0.717, 1.165) is 0 Å². The highest BCUT2D eigenvalue weighted by atomic mass is 19.4. The summed E-state index contributed by atoms with van der Waals surface area (Å²) < 4.78 is 76.2. The molecule has 0 fully saturated rings. The van der Waals surface area contributed by atoms with E-state index < -0.39 is 18.5 Å². The fourth-order valence-electron chi connectivity index (χ4n) is 2.97. The summed E-state index contributed by atoms with van der Waals surface area (Å²) in [5.41, 5.74) is -0.996. The van der Waals surface area contributed by atoms with Gasteiger partial charge in [-0.1, -0.05) is 0 Å². The molecule has 0 aliphatic heterocycles. The van der Waals surface area contributed by atoms with E-state index in [4.69, 9.17) is 4.74 Å². The SMILES string of the molecule is COc1ccc2nc(C(F)(F)F)c(-c3nccc(Nc4ccc(OC(F)F)cc4)n3)n2c1. The van der Waals surface area contributed by atoms with Gasteiger partial charge in [-0.05, 0) is 42.5 Å². The number of alkyl halides is 5. The highest BCUT2D eigenvalue weighted by Gasteiger charge is 2.39. The highest BCUT2D eigenvalue weighted by Crippen LogP contribution is 2.37. The Bertz CT molecular complexity index is 1240. The summed E-state index contributed by atoms with van der Waals surface area (Å²) in [6.45, 7) is -2.95. The average molecular weight is 451 g/mol. The number of benzene rings is 1. The summed E-state index contributed by atoms with van der Waals surface area (Å²) in [5, 5.41) is 2.89. The number of nitrogens with one attached hydrogen (secondary N) is 1. The third-order valence-corrected chi connectivity index (χ3v) is 4.31. The van der Waals surface area contributed by atoms with Crippen molar-refractivity contribution >= 4 is 17.2 Å². The molecule has 12 heteroatoms. The van der Waals surface area contributed by atoms with Crippen LogP contribution in [0.3, 0.4) is 0 Å². The van der Waals surface area contributed by atoms with Crippen molar-refractivity contribution in [3.8, 4) is 23.0 Å². The number of nitrogens with zero attached hydrogens (tertiary/aromatic N) is 4. The fraction of sp³-hybridized carbons (Fsp3) is 0.150. The lowest BCUT2D eigenvalue weighted by Gasteiger charge is -2.10. The van der Waals surface area contributed by atoms with Gasteiger partial charge < -0.3 is 14.8 Å². The van der Waals surface area contributed by atoms with Gasteiger partial charge >= 0.3 is 12.8 Å². The van der Waals surface area contributed by atoms with Crippen molar-refractivity contribution in [2.24, 2.45) is 0 Å². The van der Waals surface area contributed by atoms with Crippen LogP contribution in [0.15, 0.2) is 54.9 Å². The predicted molar refractivity (Wildman–Crippen MR) is 104 cm³/mol.